The second kappa shape index (κ2) is 5.61. The molecule has 0 radical (unpaired) electrons. The van der Waals surface area contributed by atoms with Crippen LogP contribution in [0.3, 0.4) is 0 Å². The van der Waals surface area contributed by atoms with Crippen LogP contribution < -0.4 is 0 Å². The van der Waals surface area contributed by atoms with E-state index in [2.05, 4.69) is 17.1 Å². The molecule has 3 heteroatoms. The van der Waals surface area contributed by atoms with Gasteiger partial charge >= 0.3 is 0 Å². The number of allylic oxidation sites excluding steroid dienone is 1. The van der Waals surface area contributed by atoms with E-state index in [4.69, 9.17) is 0 Å². The SMILES string of the molecule is CC(c1cc(F)ccc1F)N(C)C1C=CCCC1. The van der Waals surface area contributed by atoms with Crippen LogP contribution in [0.25, 0.3) is 0 Å². The van der Waals surface area contributed by atoms with Gasteiger partial charge in [0.2, 0.25) is 0 Å². The van der Waals surface area contributed by atoms with Gasteiger partial charge in [-0.1, -0.05) is 12.2 Å². The van der Waals surface area contributed by atoms with Gasteiger partial charge in [-0.05, 0) is 51.4 Å². The van der Waals surface area contributed by atoms with E-state index in [-0.39, 0.29) is 17.7 Å². The smallest absolute Gasteiger partial charge is 0.128 e. The molecule has 2 rings (SSSR count). The van der Waals surface area contributed by atoms with Crippen molar-refractivity contribution in [2.75, 3.05) is 7.05 Å². The Bertz CT molecular complexity index is 442. The lowest BCUT2D eigenvalue weighted by atomic mass is 9.98. The zero-order chi connectivity index (χ0) is 13.1. The number of nitrogens with zero attached hydrogens (tertiary/aromatic N) is 1. The Balaban J connectivity index is 2.19. The predicted octanol–water partition coefficient (Wildman–Crippen LogP) is 4.07. The third kappa shape index (κ3) is 2.78. The lowest BCUT2D eigenvalue weighted by Crippen LogP contribution is -2.33. The highest BCUT2D eigenvalue weighted by molar-refractivity contribution is 5.22. The van der Waals surface area contributed by atoms with Crippen molar-refractivity contribution in [3.05, 3.63) is 47.5 Å². The maximum Gasteiger partial charge on any atom is 0.128 e. The summed E-state index contributed by atoms with van der Waals surface area (Å²) in [6.07, 6.45) is 7.68. The first kappa shape index (κ1) is 13.2. The molecule has 1 aromatic rings. The van der Waals surface area contributed by atoms with Crippen LogP contribution in [0.4, 0.5) is 8.78 Å². The van der Waals surface area contributed by atoms with Crippen molar-refractivity contribution in [3.63, 3.8) is 0 Å². The van der Waals surface area contributed by atoms with Crippen LogP contribution in [0.15, 0.2) is 30.4 Å². The minimum atomic E-state index is -0.383. The molecular weight excluding hydrogens is 232 g/mol. The molecular formula is C15H19F2N. The molecule has 0 aliphatic heterocycles. The molecule has 0 spiro atoms. The number of benzene rings is 1. The first-order valence-corrected chi connectivity index (χ1v) is 6.43. The minimum Gasteiger partial charge on any atom is -0.293 e. The van der Waals surface area contributed by atoms with Gasteiger partial charge in [0.25, 0.3) is 0 Å². The van der Waals surface area contributed by atoms with Crippen LogP contribution in [0.1, 0.15) is 37.8 Å². The van der Waals surface area contributed by atoms with Gasteiger partial charge < -0.3 is 0 Å². The molecule has 0 saturated heterocycles. The number of rotatable bonds is 3. The second-order valence-electron chi connectivity index (χ2n) is 4.93. The molecule has 98 valence electrons. The van der Waals surface area contributed by atoms with Crippen molar-refractivity contribution in [2.45, 2.75) is 38.3 Å². The van der Waals surface area contributed by atoms with Crippen LogP contribution in [-0.2, 0) is 0 Å². The Hall–Kier alpha value is -1.22. The van der Waals surface area contributed by atoms with Crippen LogP contribution in [0, 0.1) is 11.6 Å². The summed E-state index contributed by atoms with van der Waals surface area (Å²) in [5, 5.41) is 0. The quantitative estimate of drug-likeness (QED) is 0.732. The first-order chi connectivity index (χ1) is 8.59. The van der Waals surface area contributed by atoms with E-state index < -0.39 is 0 Å². The van der Waals surface area contributed by atoms with E-state index in [1.807, 2.05) is 14.0 Å². The monoisotopic (exact) mass is 251 g/mol. The van der Waals surface area contributed by atoms with E-state index >= 15 is 0 Å². The molecule has 0 heterocycles. The van der Waals surface area contributed by atoms with Gasteiger partial charge in [0.05, 0.1) is 0 Å². The van der Waals surface area contributed by atoms with Crippen LogP contribution in [0.2, 0.25) is 0 Å². The second-order valence-corrected chi connectivity index (χ2v) is 4.93. The average Bonchev–Trinajstić information content (AvgIpc) is 2.41. The van der Waals surface area contributed by atoms with Crippen molar-refractivity contribution >= 4 is 0 Å². The number of hydrogen-bond donors (Lipinski definition) is 0. The molecule has 0 bridgehead atoms. The number of hydrogen-bond acceptors (Lipinski definition) is 1. The van der Waals surface area contributed by atoms with E-state index in [1.165, 1.54) is 12.1 Å². The molecule has 0 amide bonds. The fraction of sp³-hybridized carbons (Fsp3) is 0.467. The average molecular weight is 251 g/mol. The first-order valence-electron chi connectivity index (χ1n) is 6.43. The zero-order valence-electron chi connectivity index (χ0n) is 10.9. The summed E-state index contributed by atoms with van der Waals surface area (Å²) in [6.45, 7) is 1.92. The van der Waals surface area contributed by atoms with Gasteiger partial charge in [-0.25, -0.2) is 8.78 Å². The summed E-state index contributed by atoms with van der Waals surface area (Å²) in [4.78, 5) is 2.10. The predicted molar refractivity (Wildman–Crippen MR) is 69.3 cm³/mol. The standard InChI is InChI=1S/C15H19F2N/c1-11(14-10-12(16)8-9-15(14)17)18(2)13-6-4-3-5-7-13/h4,6,8-11,13H,3,5,7H2,1-2H3. The van der Waals surface area contributed by atoms with Crippen molar-refractivity contribution in [3.8, 4) is 0 Å². The van der Waals surface area contributed by atoms with Crippen LogP contribution in [0.5, 0.6) is 0 Å². The highest BCUT2D eigenvalue weighted by Crippen LogP contribution is 2.27. The van der Waals surface area contributed by atoms with Crippen molar-refractivity contribution in [1.29, 1.82) is 0 Å². The minimum absolute atomic E-state index is 0.131. The van der Waals surface area contributed by atoms with Gasteiger partial charge in [-0.15, -0.1) is 0 Å². The summed E-state index contributed by atoms with van der Waals surface area (Å²) < 4.78 is 27.0. The van der Waals surface area contributed by atoms with E-state index in [0.29, 0.717) is 11.6 Å². The molecule has 1 nitrogen and oxygen atoms in total. The van der Waals surface area contributed by atoms with E-state index in [9.17, 15) is 8.78 Å². The normalized spacial score (nSPS) is 21.3. The molecule has 2 atom stereocenters. The summed E-state index contributed by atoms with van der Waals surface area (Å²) in [7, 11) is 1.97. The largest absolute Gasteiger partial charge is 0.293 e. The van der Waals surface area contributed by atoms with E-state index in [0.717, 1.165) is 25.3 Å². The number of likely N-dealkylation sites (N-methyl/N-ethyl adjacent to an activating group) is 1. The molecule has 2 unspecified atom stereocenters. The Labute approximate surface area is 107 Å². The summed E-state index contributed by atoms with van der Waals surface area (Å²) >= 11 is 0. The lowest BCUT2D eigenvalue weighted by molar-refractivity contribution is 0.198. The van der Waals surface area contributed by atoms with Gasteiger partial charge in [0, 0.05) is 17.6 Å². The highest BCUT2D eigenvalue weighted by Gasteiger charge is 2.22. The topological polar surface area (TPSA) is 3.24 Å². The molecule has 1 aromatic carbocycles. The van der Waals surface area contributed by atoms with Crippen molar-refractivity contribution in [2.24, 2.45) is 0 Å². The van der Waals surface area contributed by atoms with Crippen molar-refractivity contribution in [1.82, 2.24) is 4.90 Å². The molecule has 0 aromatic heterocycles. The fourth-order valence-corrected chi connectivity index (χ4v) is 2.48. The molecule has 1 aliphatic rings. The molecule has 18 heavy (non-hydrogen) atoms. The Morgan fingerprint density at radius 2 is 2.11 bits per heavy atom. The van der Waals surface area contributed by atoms with Crippen molar-refractivity contribution < 1.29 is 8.78 Å². The Morgan fingerprint density at radius 1 is 1.33 bits per heavy atom. The van der Waals surface area contributed by atoms with Gasteiger partial charge in [0.15, 0.2) is 0 Å². The molecule has 0 N–H and O–H groups in total. The van der Waals surface area contributed by atoms with Gasteiger partial charge in [0.1, 0.15) is 11.6 Å². The van der Waals surface area contributed by atoms with E-state index in [1.54, 1.807) is 0 Å². The molecule has 1 aliphatic carbocycles. The molecule has 0 saturated carbocycles. The third-order valence-electron chi connectivity index (χ3n) is 3.77. The maximum atomic E-state index is 13.7. The third-order valence-corrected chi connectivity index (χ3v) is 3.77. The Morgan fingerprint density at radius 3 is 2.78 bits per heavy atom. The lowest BCUT2D eigenvalue weighted by Gasteiger charge is -2.33. The summed E-state index contributed by atoms with van der Waals surface area (Å²) in [5.41, 5.74) is 0.427. The summed E-state index contributed by atoms with van der Waals surface area (Å²) in [6, 6.07) is 3.84. The van der Waals surface area contributed by atoms with Crippen LogP contribution in [-0.4, -0.2) is 18.0 Å². The molecule has 0 fully saturated rings. The Kier molecular flexibility index (Phi) is 4.12. The summed E-state index contributed by atoms with van der Waals surface area (Å²) in [5.74, 6) is -0.721. The number of halogens is 2. The van der Waals surface area contributed by atoms with Gasteiger partial charge in [-0.3, -0.25) is 4.90 Å². The fourth-order valence-electron chi connectivity index (χ4n) is 2.48. The van der Waals surface area contributed by atoms with Gasteiger partial charge in [-0.2, -0.15) is 0 Å². The zero-order valence-corrected chi connectivity index (χ0v) is 10.9. The van der Waals surface area contributed by atoms with Crippen LogP contribution >= 0.6 is 0 Å². The maximum absolute atomic E-state index is 13.7. The highest BCUT2D eigenvalue weighted by atomic mass is 19.1.